The summed E-state index contributed by atoms with van der Waals surface area (Å²) in [5.74, 6) is -0.278. The van der Waals surface area contributed by atoms with Crippen LogP contribution in [0.1, 0.15) is 82.3 Å². The Morgan fingerprint density at radius 2 is 1.76 bits per heavy atom. The van der Waals surface area contributed by atoms with Crippen LogP contribution in [0, 0.1) is 0 Å². The van der Waals surface area contributed by atoms with Crippen LogP contribution in [0.15, 0.2) is 29.3 Å². The molecule has 0 aliphatic rings. The Hall–Kier alpha value is -3.36. The molecule has 0 bridgehead atoms. The number of amides is 2. The summed E-state index contributed by atoms with van der Waals surface area (Å²) in [6.45, 7) is 8.06. The summed E-state index contributed by atoms with van der Waals surface area (Å²) in [6.07, 6.45) is 4.37. The second-order valence-electron chi connectivity index (χ2n) is 9.04. The molecule has 0 saturated heterocycles. The van der Waals surface area contributed by atoms with Gasteiger partial charge in [-0.25, -0.2) is 4.79 Å². The number of aliphatic imine (C=N–C) groups is 1. The van der Waals surface area contributed by atoms with Gasteiger partial charge in [-0.3, -0.25) is 9.59 Å². The smallest absolute Gasteiger partial charge is 0.436 e. The van der Waals surface area contributed by atoms with Crippen molar-refractivity contribution in [2.24, 2.45) is 10.7 Å². The zero-order chi connectivity index (χ0) is 25.1. The number of aromatic amines is 1. The summed E-state index contributed by atoms with van der Waals surface area (Å²) in [6, 6.07) is 7.02. The van der Waals surface area contributed by atoms with Gasteiger partial charge in [-0.15, -0.1) is 0 Å². The number of amidine groups is 1. The van der Waals surface area contributed by atoms with E-state index in [1.807, 2.05) is 0 Å². The zero-order valence-electron chi connectivity index (χ0n) is 20.5. The van der Waals surface area contributed by atoms with Crippen LogP contribution in [0.2, 0.25) is 0 Å². The van der Waals surface area contributed by atoms with Crippen molar-refractivity contribution in [2.75, 3.05) is 13.2 Å². The van der Waals surface area contributed by atoms with Crippen LogP contribution in [0.4, 0.5) is 4.79 Å². The molecule has 0 spiro atoms. The van der Waals surface area contributed by atoms with Gasteiger partial charge in [0.2, 0.25) is 0 Å². The minimum atomic E-state index is -0.752. The molecule has 0 aliphatic heterocycles. The molecule has 0 unspecified atom stereocenters. The molecule has 0 saturated carbocycles. The summed E-state index contributed by atoms with van der Waals surface area (Å²) in [7, 11) is 0. The lowest BCUT2D eigenvalue weighted by molar-refractivity contribution is -0.143. The number of H-pyrrole nitrogens is 1. The van der Waals surface area contributed by atoms with Gasteiger partial charge >= 0.3 is 12.1 Å². The van der Waals surface area contributed by atoms with E-state index in [-0.39, 0.29) is 17.7 Å². The van der Waals surface area contributed by atoms with Crippen LogP contribution in [0.25, 0.3) is 10.9 Å². The number of carbonyl (C=O) groups excluding carboxylic acids is 3. The van der Waals surface area contributed by atoms with Gasteiger partial charge < -0.3 is 25.5 Å². The van der Waals surface area contributed by atoms with Gasteiger partial charge in [0.1, 0.15) is 17.1 Å². The first-order valence-corrected chi connectivity index (χ1v) is 11.7. The second kappa shape index (κ2) is 12.8. The molecule has 34 heavy (non-hydrogen) atoms. The molecule has 186 valence electrons. The number of nitrogens with one attached hydrogen (secondary N) is 2. The van der Waals surface area contributed by atoms with Crippen molar-refractivity contribution in [1.29, 1.82) is 0 Å². The Kier molecular flexibility index (Phi) is 10.1. The first-order valence-electron chi connectivity index (χ1n) is 11.7. The minimum absolute atomic E-state index is 0.0469. The number of fused-ring (bicyclic) bond motifs is 1. The van der Waals surface area contributed by atoms with E-state index in [9.17, 15) is 14.4 Å². The Bertz CT molecular complexity index is 1020. The van der Waals surface area contributed by atoms with Gasteiger partial charge in [-0.05, 0) is 64.8 Å². The molecule has 2 aromatic rings. The molecular weight excluding hydrogens is 436 g/mol. The lowest BCUT2D eigenvalue weighted by Gasteiger charge is -2.17. The summed E-state index contributed by atoms with van der Waals surface area (Å²) < 4.78 is 10.1. The predicted octanol–water partition coefficient (Wildman–Crippen LogP) is 4.44. The normalized spacial score (nSPS) is 11.9. The first-order chi connectivity index (χ1) is 16.1. The lowest BCUT2D eigenvalue weighted by atomic mass is 10.1. The number of benzene rings is 1. The summed E-state index contributed by atoms with van der Waals surface area (Å²) in [4.78, 5) is 42.5. The number of rotatable bonds is 11. The van der Waals surface area contributed by atoms with Crippen molar-refractivity contribution in [3.63, 3.8) is 0 Å². The summed E-state index contributed by atoms with van der Waals surface area (Å²) in [5.41, 5.74) is 7.10. The maximum atomic E-state index is 12.5. The number of carbonyl (C=O) groups is 3. The van der Waals surface area contributed by atoms with Crippen LogP contribution in [0.3, 0.4) is 0 Å². The molecule has 0 aliphatic carbocycles. The van der Waals surface area contributed by atoms with Crippen molar-refractivity contribution in [1.82, 2.24) is 10.3 Å². The first kappa shape index (κ1) is 26.9. The fraction of sp³-hybridized carbons (Fsp3) is 0.520. The third kappa shape index (κ3) is 9.25. The van der Waals surface area contributed by atoms with Crippen molar-refractivity contribution < 1.29 is 23.9 Å². The summed E-state index contributed by atoms with van der Waals surface area (Å²) in [5, 5.41) is 3.70. The Balaban J connectivity index is 1.81. The topological polar surface area (TPSA) is 136 Å². The van der Waals surface area contributed by atoms with E-state index >= 15 is 0 Å². The van der Waals surface area contributed by atoms with Crippen molar-refractivity contribution in [3.05, 3.63) is 35.5 Å². The van der Waals surface area contributed by atoms with Crippen LogP contribution in [0.5, 0.6) is 0 Å². The molecule has 0 atom stereocenters. The maximum absolute atomic E-state index is 12.5. The van der Waals surface area contributed by atoms with Gasteiger partial charge in [0.25, 0.3) is 5.91 Å². The lowest BCUT2D eigenvalue weighted by Crippen LogP contribution is -2.24. The van der Waals surface area contributed by atoms with Gasteiger partial charge in [0.05, 0.1) is 6.61 Å². The number of aromatic nitrogens is 1. The highest BCUT2D eigenvalue weighted by atomic mass is 16.6. The van der Waals surface area contributed by atoms with Gasteiger partial charge in [-0.2, -0.15) is 4.99 Å². The highest BCUT2D eigenvalue weighted by Gasteiger charge is 2.16. The molecule has 0 fully saturated rings. The number of unbranched alkanes of at least 4 members (excludes halogenated alkanes) is 4. The molecule has 2 rings (SSSR count). The second-order valence-corrected chi connectivity index (χ2v) is 9.04. The number of ether oxygens (including phenoxy) is 2. The van der Waals surface area contributed by atoms with Gasteiger partial charge in [-0.1, -0.05) is 19.3 Å². The largest absolute Gasteiger partial charge is 0.466 e. The van der Waals surface area contributed by atoms with Crippen LogP contribution in [-0.2, 0) is 14.3 Å². The van der Waals surface area contributed by atoms with E-state index in [1.165, 1.54) is 0 Å². The van der Waals surface area contributed by atoms with Crippen molar-refractivity contribution in [2.45, 2.75) is 71.8 Å². The van der Waals surface area contributed by atoms with Crippen LogP contribution in [-0.4, -0.2) is 47.5 Å². The molecule has 9 heteroatoms. The predicted molar refractivity (Wildman–Crippen MR) is 132 cm³/mol. The van der Waals surface area contributed by atoms with E-state index in [1.54, 1.807) is 52.0 Å². The Labute approximate surface area is 200 Å². The number of nitrogens with two attached hydrogens (primary N) is 1. The molecular formula is C25H36N4O5. The number of esters is 1. The Morgan fingerprint density at radius 3 is 2.47 bits per heavy atom. The molecule has 1 heterocycles. The molecule has 1 aromatic carbocycles. The number of hydrogen-bond acceptors (Lipinski definition) is 5. The van der Waals surface area contributed by atoms with Crippen molar-refractivity contribution >= 4 is 34.7 Å². The third-order valence-electron chi connectivity index (χ3n) is 4.91. The SMILES string of the molecule is CCOC(=O)CCCCCCCNC(=O)c1cc2cc(/C(N)=N\C(=O)OC(C)(C)C)ccc2[nH]1. The number of nitrogens with zero attached hydrogens (tertiary/aromatic N) is 1. The van der Waals surface area contributed by atoms with E-state index in [0.717, 1.165) is 43.0 Å². The quantitative estimate of drug-likeness (QED) is 0.191. The van der Waals surface area contributed by atoms with Gasteiger partial charge in [0.15, 0.2) is 0 Å². The van der Waals surface area contributed by atoms with E-state index in [2.05, 4.69) is 15.3 Å². The standard InChI is InChI=1S/C25H36N4O5/c1-5-33-21(30)11-9-7-6-8-10-14-27-23(31)20-16-18-15-17(12-13-19(18)28-20)22(26)29-24(32)34-25(2,3)4/h12-13,15-16,28H,5-11,14H2,1-4H3,(H,27,31)(H2,26,29,32). The van der Waals surface area contributed by atoms with E-state index in [4.69, 9.17) is 15.2 Å². The highest BCUT2D eigenvalue weighted by molar-refractivity contribution is 6.06. The maximum Gasteiger partial charge on any atom is 0.436 e. The minimum Gasteiger partial charge on any atom is -0.466 e. The monoisotopic (exact) mass is 472 g/mol. The third-order valence-corrected chi connectivity index (χ3v) is 4.91. The average Bonchev–Trinajstić information content (AvgIpc) is 3.17. The summed E-state index contributed by atoms with van der Waals surface area (Å²) >= 11 is 0. The van der Waals surface area contributed by atoms with E-state index < -0.39 is 11.7 Å². The zero-order valence-corrected chi connectivity index (χ0v) is 20.5. The molecule has 9 nitrogen and oxygen atoms in total. The molecule has 4 N–H and O–H groups in total. The Morgan fingerprint density at radius 1 is 1.06 bits per heavy atom. The van der Waals surface area contributed by atoms with Gasteiger partial charge in [0, 0.05) is 29.4 Å². The number of hydrogen-bond donors (Lipinski definition) is 3. The molecule has 1 aromatic heterocycles. The fourth-order valence-electron chi connectivity index (χ4n) is 3.32. The van der Waals surface area contributed by atoms with E-state index in [0.29, 0.717) is 30.8 Å². The van der Waals surface area contributed by atoms with Crippen LogP contribution < -0.4 is 11.1 Å². The van der Waals surface area contributed by atoms with Crippen molar-refractivity contribution in [3.8, 4) is 0 Å². The fourth-order valence-corrected chi connectivity index (χ4v) is 3.32. The molecule has 0 radical (unpaired) electrons. The average molecular weight is 473 g/mol. The highest BCUT2D eigenvalue weighted by Crippen LogP contribution is 2.18. The van der Waals surface area contributed by atoms with Crippen LogP contribution >= 0.6 is 0 Å². The molecule has 2 amide bonds.